The molecule has 1 radical (unpaired) electrons. The molecule has 10 heteroatoms. The van der Waals surface area contributed by atoms with Crippen LogP contribution in [0.5, 0.6) is 0 Å². The van der Waals surface area contributed by atoms with Crippen LogP contribution in [0, 0.1) is 12.3 Å². The Bertz CT molecular complexity index is 668. The summed E-state index contributed by atoms with van der Waals surface area (Å²) >= 11 is 0. The average molecular weight is 419 g/mol. The third-order valence-corrected chi connectivity index (χ3v) is 5.80. The van der Waals surface area contributed by atoms with Crippen LogP contribution >= 0.6 is 0 Å². The Kier molecular flexibility index (Phi) is 10.1. The lowest BCUT2D eigenvalue weighted by molar-refractivity contribution is -0.166. The summed E-state index contributed by atoms with van der Waals surface area (Å²) in [5.41, 5.74) is -1.66. The third kappa shape index (κ3) is 7.08. The van der Waals surface area contributed by atoms with Gasteiger partial charge in [-0.2, -0.15) is 8.42 Å². The second-order valence-electron chi connectivity index (χ2n) is 6.28. The Morgan fingerprint density at radius 3 is 1.79 bits per heavy atom. The van der Waals surface area contributed by atoms with E-state index in [0.717, 1.165) is 12.2 Å². The molecule has 159 valence electrons. The van der Waals surface area contributed by atoms with Crippen molar-refractivity contribution >= 4 is 28.0 Å². The molecule has 28 heavy (non-hydrogen) atoms. The van der Waals surface area contributed by atoms with Crippen molar-refractivity contribution in [2.45, 2.75) is 57.0 Å². The zero-order valence-corrected chi connectivity index (χ0v) is 16.8. The molecule has 2 N–H and O–H groups in total. The van der Waals surface area contributed by atoms with E-state index in [2.05, 4.69) is 20.1 Å². The second kappa shape index (κ2) is 11.0. The van der Waals surface area contributed by atoms with Crippen molar-refractivity contribution < 1.29 is 41.9 Å². The van der Waals surface area contributed by atoms with Gasteiger partial charge in [0.1, 0.15) is 12.2 Å². The normalized spacial score (nSPS) is 16.7. The van der Waals surface area contributed by atoms with Gasteiger partial charge in [-0.25, -0.2) is 9.59 Å². The number of ether oxygens (including phenoxy) is 2. The Balaban J connectivity index is 6.17. The van der Waals surface area contributed by atoms with Crippen LogP contribution in [0.1, 0.15) is 39.5 Å². The van der Waals surface area contributed by atoms with Crippen LogP contribution in [0.15, 0.2) is 25.3 Å². The topological polar surface area (TPSA) is 144 Å². The Hall–Kier alpha value is -2.20. The van der Waals surface area contributed by atoms with Gasteiger partial charge in [0.15, 0.2) is 0 Å². The standard InChI is InChI=1S/C18H27O9S/c1-6-16(21)26-12(3)18(14(5)28(23,24)25,11-9-8-10-15(19)20)13(4)27-17(22)7-2/h6-7,12-14H,1-2,5,8-11H2,3-4H3,(H,19,20)(H,23,24,25). The number of unbranched alkanes of at least 4 members (excludes halogenated alkanes) is 1. The molecule has 0 aromatic heterocycles. The smallest absolute Gasteiger partial charge is 0.330 e. The highest BCUT2D eigenvalue weighted by atomic mass is 32.2. The van der Waals surface area contributed by atoms with Crippen molar-refractivity contribution in [2.24, 2.45) is 5.41 Å². The number of hydrogen-bond acceptors (Lipinski definition) is 7. The van der Waals surface area contributed by atoms with Gasteiger partial charge < -0.3 is 14.6 Å². The van der Waals surface area contributed by atoms with Gasteiger partial charge in [0, 0.05) is 18.6 Å². The molecule has 0 aliphatic carbocycles. The Morgan fingerprint density at radius 2 is 1.46 bits per heavy atom. The largest absolute Gasteiger partial charge is 0.481 e. The molecule has 0 heterocycles. The third-order valence-electron chi connectivity index (χ3n) is 4.64. The first-order valence-corrected chi connectivity index (χ1v) is 10.0. The fraction of sp³-hybridized carbons (Fsp3) is 0.556. The number of hydrogen-bond donors (Lipinski definition) is 2. The van der Waals surface area contributed by atoms with Crippen LogP contribution in [0.4, 0.5) is 0 Å². The molecule has 0 bridgehead atoms. The van der Waals surface area contributed by atoms with Gasteiger partial charge in [-0.15, -0.1) is 0 Å². The molecule has 0 saturated carbocycles. The van der Waals surface area contributed by atoms with Gasteiger partial charge >= 0.3 is 17.9 Å². The second-order valence-corrected chi connectivity index (χ2v) is 7.88. The van der Waals surface area contributed by atoms with Gasteiger partial charge in [0.2, 0.25) is 0 Å². The summed E-state index contributed by atoms with van der Waals surface area (Å²) in [5.74, 6) is -2.75. The minimum absolute atomic E-state index is 0.0641. The summed E-state index contributed by atoms with van der Waals surface area (Å²) in [5, 5.41) is 7.05. The molecule has 0 saturated heterocycles. The number of carboxylic acid groups (broad SMARTS) is 1. The SMILES string of the molecule is [CH2]C(C(CCCCC(=O)O)(C(C)OC(=O)C=C)C(C)OC(=O)C=C)S(=O)(=O)O. The van der Waals surface area contributed by atoms with Gasteiger partial charge in [0.05, 0.1) is 10.7 Å². The molecule has 0 aromatic rings. The van der Waals surface area contributed by atoms with Gasteiger partial charge in [-0.1, -0.05) is 19.6 Å². The lowest BCUT2D eigenvalue weighted by atomic mass is 9.71. The highest BCUT2D eigenvalue weighted by Crippen LogP contribution is 2.43. The summed E-state index contributed by atoms with van der Waals surface area (Å²) in [4.78, 5) is 34.1. The lowest BCUT2D eigenvalue weighted by Crippen LogP contribution is -2.55. The van der Waals surface area contributed by atoms with E-state index in [0.29, 0.717) is 0 Å². The summed E-state index contributed by atoms with van der Waals surface area (Å²) in [6.45, 7) is 12.8. The molecule has 3 atom stereocenters. The van der Waals surface area contributed by atoms with Crippen molar-refractivity contribution in [1.29, 1.82) is 0 Å². The van der Waals surface area contributed by atoms with E-state index in [-0.39, 0.29) is 25.7 Å². The van der Waals surface area contributed by atoms with Crippen molar-refractivity contribution in [2.75, 3.05) is 0 Å². The van der Waals surface area contributed by atoms with E-state index in [1.807, 2.05) is 0 Å². The molecule has 0 aliphatic heterocycles. The average Bonchev–Trinajstić information content (AvgIpc) is 2.59. The molecular weight excluding hydrogens is 392 g/mol. The van der Waals surface area contributed by atoms with E-state index in [4.69, 9.17) is 14.6 Å². The number of rotatable bonds is 13. The minimum Gasteiger partial charge on any atom is -0.481 e. The fourth-order valence-electron chi connectivity index (χ4n) is 3.07. The van der Waals surface area contributed by atoms with Crippen molar-refractivity contribution in [1.82, 2.24) is 0 Å². The molecule has 0 spiro atoms. The summed E-state index contributed by atoms with van der Waals surface area (Å²) < 4.78 is 43.9. The Morgan fingerprint density at radius 1 is 1.04 bits per heavy atom. The zero-order chi connectivity index (χ0) is 22.1. The quantitative estimate of drug-likeness (QED) is 0.198. The van der Waals surface area contributed by atoms with E-state index in [1.54, 1.807) is 0 Å². The van der Waals surface area contributed by atoms with Crippen LogP contribution in [-0.4, -0.2) is 53.4 Å². The first-order valence-electron chi connectivity index (χ1n) is 8.50. The number of aliphatic carboxylic acids is 1. The minimum atomic E-state index is -4.75. The predicted octanol–water partition coefficient (Wildman–Crippen LogP) is 1.94. The van der Waals surface area contributed by atoms with Crippen LogP contribution in [-0.2, 0) is 34.0 Å². The molecule has 9 nitrogen and oxygen atoms in total. The molecule has 0 aliphatic rings. The van der Waals surface area contributed by atoms with E-state index < -0.39 is 50.9 Å². The molecule has 0 amide bonds. The first kappa shape index (κ1) is 25.8. The maximum Gasteiger partial charge on any atom is 0.330 e. The van der Waals surface area contributed by atoms with Crippen LogP contribution < -0.4 is 0 Å². The summed E-state index contributed by atoms with van der Waals surface area (Å²) in [6.07, 6.45) is -0.495. The van der Waals surface area contributed by atoms with Gasteiger partial charge in [-0.05, 0) is 33.6 Å². The van der Waals surface area contributed by atoms with Gasteiger partial charge in [-0.3, -0.25) is 9.35 Å². The highest BCUT2D eigenvalue weighted by molar-refractivity contribution is 7.86. The Labute approximate surface area is 165 Å². The number of carbonyl (C=O) groups is 3. The maximum absolute atomic E-state index is 11.9. The van der Waals surface area contributed by atoms with Crippen LogP contribution in [0.3, 0.4) is 0 Å². The molecule has 0 fully saturated rings. The molecule has 0 rings (SSSR count). The lowest BCUT2D eigenvalue weighted by Gasteiger charge is -2.45. The summed E-state index contributed by atoms with van der Waals surface area (Å²) in [6, 6.07) is 0. The van der Waals surface area contributed by atoms with Crippen LogP contribution in [0.2, 0.25) is 0 Å². The van der Waals surface area contributed by atoms with Crippen molar-refractivity contribution in [3.63, 3.8) is 0 Å². The highest BCUT2D eigenvalue weighted by Gasteiger charge is 2.53. The van der Waals surface area contributed by atoms with Crippen molar-refractivity contribution in [3.05, 3.63) is 32.2 Å². The van der Waals surface area contributed by atoms with E-state index in [9.17, 15) is 27.4 Å². The summed E-state index contributed by atoms with van der Waals surface area (Å²) in [7, 11) is -4.75. The fourth-order valence-corrected chi connectivity index (χ4v) is 4.13. The number of esters is 2. The molecule has 0 aromatic carbocycles. The maximum atomic E-state index is 11.9. The van der Waals surface area contributed by atoms with E-state index in [1.165, 1.54) is 13.8 Å². The van der Waals surface area contributed by atoms with Gasteiger partial charge in [0.25, 0.3) is 10.1 Å². The van der Waals surface area contributed by atoms with Crippen molar-refractivity contribution in [3.8, 4) is 0 Å². The van der Waals surface area contributed by atoms with Crippen LogP contribution in [0.25, 0.3) is 0 Å². The van der Waals surface area contributed by atoms with E-state index >= 15 is 0 Å². The molecular formula is C18H27O9S. The zero-order valence-electron chi connectivity index (χ0n) is 16.0. The number of carboxylic acids is 1. The monoisotopic (exact) mass is 419 g/mol. The first-order chi connectivity index (χ1) is 12.8. The predicted molar refractivity (Wildman–Crippen MR) is 101 cm³/mol. The molecule has 3 unspecified atom stereocenters. The number of carbonyl (C=O) groups excluding carboxylic acids is 2.